The Morgan fingerprint density at radius 2 is 1.67 bits per heavy atom. The van der Waals surface area contributed by atoms with Crippen LogP contribution in [-0.2, 0) is 9.53 Å². The van der Waals surface area contributed by atoms with Crippen LogP contribution in [-0.4, -0.2) is 30.3 Å². The summed E-state index contributed by atoms with van der Waals surface area (Å²) in [4.78, 5) is 25.9. The number of phenolic OH excluding ortho intramolecular Hbond substituents is 1. The van der Waals surface area contributed by atoms with Crippen LogP contribution in [0, 0.1) is 11.3 Å². The molecule has 0 heterocycles. The molecular formula is C32H28N4O6. The van der Waals surface area contributed by atoms with Gasteiger partial charge in [0, 0.05) is 17.3 Å². The molecule has 10 nitrogen and oxygen atoms in total. The van der Waals surface area contributed by atoms with Crippen LogP contribution in [0.2, 0.25) is 0 Å². The maximum absolute atomic E-state index is 13.1. The van der Waals surface area contributed by atoms with Gasteiger partial charge in [0.15, 0.2) is 23.7 Å². The molecule has 0 aliphatic rings. The van der Waals surface area contributed by atoms with Gasteiger partial charge in [-0.3, -0.25) is 10.1 Å². The predicted molar refractivity (Wildman–Crippen MR) is 158 cm³/mol. The van der Waals surface area contributed by atoms with Crippen molar-refractivity contribution in [2.24, 2.45) is 0 Å². The number of nitrogens with two attached hydrogens (primary N) is 1. The number of aromatic hydroxyl groups is 1. The van der Waals surface area contributed by atoms with Crippen molar-refractivity contribution in [2.75, 3.05) is 23.5 Å². The molecule has 0 unspecified atom stereocenters. The van der Waals surface area contributed by atoms with Crippen LogP contribution < -0.4 is 25.8 Å². The number of amides is 2. The Hall–Kier alpha value is -5.95. The van der Waals surface area contributed by atoms with E-state index in [0.29, 0.717) is 33.9 Å². The number of hydrogen-bond donors (Lipinski definition) is 4. The predicted octanol–water partition coefficient (Wildman–Crippen LogP) is 5.79. The SMILES string of the molecule is COc1ccc([C@H](OC(=O)Nc2ccc(C#N)cc2)[C@H](/C=C/C(=O)Nc2ccccc2N)Oc2ccccc2)cc1O. The zero-order valence-electron chi connectivity index (χ0n) is 22.6. The lowest BCUT2D eigenvalue weighted by atomic mass is 10.0. The second kappa shape index (κ2) is 13.9. The molecule has 0 aromatic heterocycles. The van der Waals surface area contributed by atoms with Gasteiger partial charge in [0.25, 0.3) is 0 Å². The Morgan fingerprint density at radius 3 is 2.33 bits per heavy atom. The highest BCUT2D eigenvalue weighted by atomic mass is 16.6. The second-order valence-electron chi connectivity index (χ2n) is 8.90. The van der Waals surface area contributed by atoms with E-state index in [1.807, 2.05) is 12.1 Å². The molecule has 4 rings (SSSR count). The van der Waals surface area contributed by atoms with Gasteiger partial charge in [-0.2, -0.15) is 5.26 Å². The lowest BCUT2D eigenvalue weighted by molar-refractivity contribution is -0.112. The van der Waals surface area contributed by atoms with Gasteiger partial charge >= 0.3 is 6.09 Å². The van der Waals surface area contributed by atoms with Crippen molar-refractivity contribution < 1.29 is 28.9 Å². The molecular weight excluding hydrogens is 536 g/mol. The first-order valence-electron chi connectivity index (χ1n) is 12.8. The molecule has 10 heteroatoms. The maximum atomic E-state index is 13.1. The summed E-state index contributed by atoms with van der Waals surface area (Å²) in [6.45, 7) is 0. The summed E-state index contributed by atoms with van der Waals surface area (Å²) in [7, 11) is 1.41. The number of anilines is 3. The molecule has 0 bridgehead atoms. The summed E-state index contributed by atoms with van der Waals surface area (Å²) in [6.07, 6.45) is -0.325. The molecule has 2 atom stereocenters. The van der Waals surface area contributed by atoms with E-state index in [1.54, 1.807) is 78.9 Å². The number of benzene rings is 4. The number of nitrogen functional groups attached to an aromatic ring is 1. The van der Waals surface area contributed by atoms with E-state index < -0.39 is 24.2 Å². The van der Waals surface area contributed by atoms with Crippen molar-refractivity contribution in [3.63, 3.8) is 0 Å². The zero-order valence-corrected chi connectivity index (χ0v) is 22.6. The van der Waals surface area contributed by atoms with Crippen molar-refractivity contribution in [1.29, 1.82) is 5.26 Å². The number of methoxy groups -OCH3 is 1. The Kier molecular flexibility index (Phi) is 9.62. The number of hydrogen-bond acceptors (Lipinski definition) is 8. The van der Waals surface area contributed by atoms with E-state index in [0.717, 1.165) is 0 Å². The highest BCUT2D eigenvalue weighted by Gasteiger charge is 2.29. The fourth-order valence-corrected chi connectivity index (χ4v) is 3.93. The van der Waals surface area contributed by atoms with Crippen molar-refractivity contribution in [3.05, 3.63) is 120 Å². The smallest absolute Gasteiger partial charge is 0.412 e. The molecule has 2 amide bonds. The number of nitrogens with one attached hydrogen (secondary N) is 2. The van der Waals surface area contributed by atoms with Crippen molar-refractivity contribution >= 4 is 29.1 Å². The molecule has 0 saturated carbocycles. The summed E-state index contributed by atoms with van der Waals surface area (Å²) < 4.78 is 17.2. The minimum atomic E-state index is -1.15. The van der Waals surface area contributed by atoms with Gasteiger partial charge in [0.1, 0.15) is 5.75 Å². The number of nitrogens with zero attached hydrogens (tertiary/aromatic N) is 1. The van der Waals surface area contributed by atoms with E-state index in [4.69, 9.17) is 25.2 Å². The van der Waals surface area contributed by atoms with Crippen molar-refractivity contribution in [3.8, 4) is 23.3 Å². The fourth-order valence-electron chi connectivity index (χ4n) is 3.93. The molecule has 0 aliphatic heterocycles. The van der Waals surface area contributed by atoms with E-state index in [-0.39, 0.29) is 11.5 Å². The van der Waals surface area contributed by atoms with Gasteiger partial charge in [-0.25, -0.2) is 4.79 Å². The van der Waals surface area contributed by atoms with E-state index in [1.165, 1.54) is 31.4 Å². The Balaban J connectivity index is 1.66. The molecule has 0 fully saturated rings. The van der Waals surface area contributed by atoms with Crippen LogP contribution in [0.3, 0.4) is 0 Å². The summed E-state index contributed by atoms with van der Waals surface area (Å²) in [5.41, 5.74) is 7.96. The number of rotatable bonds is 10. The molecule has 212 valence electrons. The van der Waals surface area contributed by atoms with Gasteiger partial charge in [-0.15, -0.1) is 0 Å². The largest absolute Gasteiger partial charge is 0.504 e. The zero-order chi connectivity index (χ0) is 29.9. The van der Waals surface area contributed by atoms with E-state index in [9.17, 15) is 14.7 Å². The summed E-state index contributed by atoms with van der Waals surface area (Å²) in [5.74, 6) is -0.0158. The molecule has 0 radical (unpaired) electrons. The van der Waals surface area contributed by atoms with Crippen LogP contribution in [0.1, 0.15) is 17.2 Å². The Bertz CT molecular complexity index is 1600. The third-order valence-electron chi connectivity index (χ3n) is 6.00. The van der Waals surface area contributed by atoms with Crippen LogP contribution in [0.25, 0.3) is 0 Å². The van der Waals surface area contributed by atoms with Crippen LogP contribution in [0.4, 0.5) is 21.9 Å². The Labute approximate surface area is 242 Å². The van der Waals surface area contributed by atoms with Crippen LogP contribution in [0.5, 0.6) is 17.2 Å². The average molecular weight is 565 g/mol. The minimum absolute atomic E-state index is 0.184. The minimum Gasteiger partial charge on any atom is -0.504 e. The van der Waals surface area contributed by atoms with Gasteiger partial charge in [-0.1, -0.05) is 36.4 Å². The lowest BCUT2D eigenvalue weighted by Gasteiger charge is -2.26. The second-order valence-corrected chi connectivity index (χ2v) is 8.90. The highest BCUT2D eigenvalue weighted by molar-refractivity contribution is 6.01. The fraction of sp³-hybridized carbons (Fsp3) is 0.0938. The quantitative estimate of drug-likeness (QED) is 0.139. The molecule has 0 aliphatic carbocycles. The number of phenols is 1. The van der Waals surface area contributed by atoms with Crippen molar-refractivity contribution in [2.45, 2.75) is 12.2 Å². The lowest BCUT2D eigenvalue weighted by Crippen LogP contribution is -2.30. The molecule has 0 saturated heterocycles. The van der Waals surface area contributed by atoms with Crippen molar-refractivity contribution in [1.82, 2.24) is 0 Å². The maximum Gasteiger partial charge on any atom is 0.412 e. The summed E-state index contributed by atoms with van der Waals surface area (Å²) in [5, 5.41) is 24.9. The third-order valence-corrected chi connectivity index (χ3v) is 6.00. The molecule has 4 aromatic carbocycles. The number of ether oxygens (including phenoxy) is 3. The number of carbonyl (C=O) groups is 2. The monoisotopic (exact) mass is 564 g/mol. The first-order chi connectivity index (χ1) is 20.4. The summed E-state index contributed by atoms with van der Waals surface area (Å²) >= 11 is 0. The summed E-state index contributed by atoms with van der Waals surface area (Å²) in [6, 6.07) is 28.4. The normalized spacial score (nSPS) is 12.0. The third kappa shape index (κ3) is 7.80. The first kappa shape index (κ1) is 29.0. The topological polar surface area (TPSA) is 156 Å². The van der Waals surface area contributed by atoms with Crippen LogP contribution >= 0.6 is 0 Å². The first-order valence-corrected chi connectivity index (χ1v) is 12.8. The Morgan fingerprint density at radius 1 is 0.952 bits per heavy atom. The average Bonchev–Trinajstić information content (AvgIpc) is 3.00. The number of nitriles is 1. The standard InChI is InChI=1S/C32H28N4O6/c1-40-28-16-13-22(19-27(28)37)31(42-32(39)35-23-14-11-21(20-33)12-15-23)29(41-24-7-3-2-4-8-24)17-18-30(38)36-26-10-6-5-9-25(26)34/h2-19,29,31,37H,34H2,1H3,(H,35,39)(H,36,38)/b18-17+/t29-,31-/m0/s1. The van der Waals surface area contributed by atoms with E-state index >= 15 is 0 Å². The van der Waals surface area contributed by atoms with Gasteiger partial charge in [0.2, 0.25) is 5.91 Å². The number of para-hydroxylation sites is 3. The highest BCUT2D eigenvalue weighted by Crippen LogP contribution is 2.34. The molecule has 42 heavy (non-hydrogen) atoms. The van der Waals surface area contributed by atoms with E-state index in [2.05, 4.69) is 10.6 Å². The number of carbonyl (C=O) groups excluding carboxylic acids is 2. The molecule has 5 N–H and O–H groups in total. The van der Waals surface area contributed by atoms with Crippen LogP contribution in [0.15, 0.2) is 109 Å². The van der Waals surface area contributed by atoms with Gasteiger partial charge < -0.3 is 30.4 Å². The van der Waals surface area contributed by atoms with Gasteiger partial charge in [0.05, 0.1) is 30.1 Å². The molecule has 0 spiro atoms. The molecule has 4 aromatic rings. The van der Waals surface area contributed by atoms with Gasteiger partial charge in [-0.05, 0) is 66.7 Å².